The van der Waals surface area contributed by atoms with Gasteiger partial charge < -0.3 is 9.64 Å². The van der Waals surface area contributed by atoms with Crippen LogP contribution in [0.3, 0.4) is 0 Å². The van der Waals surface area contributed by atoms with Crippen LogP contribution in [0.1, 0.15) is 37.6 Å². The Bertz CT molecular complexity index is 1710. The minimum Gasteiger partial charge on any atom is -0.404 e. The first-order valence-corrected chi connectivity index (χ1v) is 15.3. The Hall–Kier alpha value is -4.30. The number of aromatic nitrogens is 2. The molecule has 5 rings (SSSR count). The Labute approximate surface area is 254 Å². The standard InChI is InChI=1S/C27H23F4N5O4S.C3H8.H2/c28-21-16-32-10-8-20(21)17-35-11-13-36(14-12-35)26(37)19-6-7-22(23(15-19)40-27(29,30)31)34-41(38,39)24-5-1-3-18-4-2-9-33-25(18)24;1-3-2;/h1-10,15-16,34H,11-14,17H2;3H2,1-2H3;1H. The third-order valence-electron chi connectivity index (χ3n) is 6.49. The molecule has 2 aromatic carbocycles. The van der Waals surface area contributed by atoms with E-state index in [4.69, 9.17) is 0 Å². The molecule has 1 amide bonds. The third kappa shape index (κ3) is 8.20. The lowest BCUT2D eigenvalue weighted by atomic mass is 10.1. The van der Waals surface area contributed by atoms with Gasteiger partial charge >= 0.3 is 6.36 Å². The highest BCUT2D eigenvalue weighted by molar-refractivity contribution is 7.93. The topological polar surface area (TPSA) is 105 Å². The maximum absolute atomic E-state index is 13.9. The van der Waals surface area contributed by atoms with Crippen molar-refractivity contribution >= 4 is 32.5 Å². The Morgan fingerprint density at radius 2 is 1.73 bits per heavy atom. The number of benzene rings is 2. The van der Waals surface area contributed by atoms with E-state index < -0.39 is 39.5 Å². The van der Waals surface area contributed by atoms with E-state index in [2.05, 4.69) is 33.3 Å². The van der Waals surface area contributed by atoms with Gasteiger partial charge in [0.25, 0.3) is 15.9 Å². The maximum atomic E-state index is 13.9. The van der Waals surface area contributed by atoms with Crippen molar-refractivity contribution in [1.82, 2.24) is 19.8 Å². The van der Waals surface area contributed by atoms with E-state index in [1.165, 1.54) is 41.9 Å². The van der Waals surface area contributed by atoms with Crippen molar-refractivity contribution in [3.63, 3.8) is 0 Å². The first-order valence-electron chi connectivity index (χ1n) is 13.8. The average Bonchev–Trinajstić information content (AvgIpc) is 2.98. The highest BCUT2D eigenvalue weighted by atomic mass is 32.2. The highest BCUT2D eigenvalue weighted by Crippen LogP contribution is 2.34. The second-order valence-electron chi connectivity index (χ2n) is 9.94. The third-order valence-corrected chi connectivity index (χ3v) is 7.89. The van der Waals surface area contributed by atoms with Crippen LogP contribution in [-0.2, 0) is 16.6 Å². The smallest absolute Gasteiger partial charge is 0.404 e. The fourth-order valence-electron chi connectivity index (χ4n) is 4.51. The van der Waals surface area contributed by atoms with Gasteiger partial charge in [-0.2, -0.15) is 0 Å². The minimum atomic E-state index is -5.16. The molecular weight excluding hydrogens is 602 g/mol. The van der Waals surface area contributed by atoms with Gasteiger partial charge in [-0.05, 0) is 36.4 Å². The summed E-state index contributed by atoms with van der Waals surface area (Å²) in [5.41, 5.74) is -0.0203. The van der Waals surface area contributed by atoms with E-state index in [0.29, 0.717) is 30.6 Å². The number of hydrogen-bond acceptors (Lipinski definition) is 7. The summed E-state index contributed by atoms with van der Waals surface area (Å²) < 4.78 is 86.4. The first-order chi connectivity index (χ1) is 20.9. The average molecular weight is 636 g/mol. The number of alkyl halides is 3. The molecule has 14 heteroatoms. The number of anilines is 1. The van der Waals surface area contributed by atoms with Crippen molar-refractivity contribution < 1.29 is 36.9 Å². The molecule has 1 aliphatic heterocycles. The van der Waals surface area contributed by atoms with Gasteiger partial charge in [0.15, 0.2) is 5.75 Å². The number of amides is 1. The predicted molar refractivity (Wildman–Crippen MR) is 159 cm³/mol. The largest absolute Gasteiger partial charge is 0.573 e. The van der Waals surface area contributed by atoms with Gasteiger partial charge in [-0.25, -0.2) is 12.8 Å². The summed E-state index contributed by atoms with van der Waals surface area (Å²) in [6.07, 6.45) is 0.105. The molecule has 0 spiro atoms. The number of nitrogens with zero attached hydrogens (tertiary/aromatic N) is 4. The monoisotopic (exact) mass is 635 g/mol. The number of sulfonamides is 1. The van der Waals surface area contributed by atoms with Crippen LogP contribution in [0.2, 0.25) is 0 Å². The number of nitrogens with one attached hydrogen (secondary N) is 1. The van der Waals surface area contributed by atoms with Gasteiger partial charge in [-0.3, -0.25) is 24.4 Å². The molecule has 1 saturated heterocycles. The van der Waals surface area contributed by atoms with Gasteiger partial charge in [0.2, 0.25) is 0 Å². The van der Waals surface area contributed by atoms with E-state index in [0.717, 1.165) is 18.3 Å². The first kappa shape index (κ1) is 32.6. The summed E-state index contributed by atoms with van der Waals surface area (Å²) in [7, 11) is -4.40. The number of halogens is 4. The van der Waals surface area contributed by atoms with Crippen molar-refractivity contribution in [3.05, 3.63) is 90.1 Å². The molecule has 9 nitrogen and oxygen atoms in total. The lowest BCUT2D eigenvalue weighted by Gasteiger charge is -2.35. The molecule has 0 radical (unpaired) electrons. The van der Waals surface area contributed by atoms with Crippen LogP contribution in [0.15, 0.2) is 78.1 Å². The fourth-order valence-corrected chi connectivity index (χ4v) is 5.76. The summed E-state index contributed by atoms with van der Waals surface area (Å²) in [5.74, 6) is -1.87. The lowest BCUT2D eigenvalue weighted by Crippen LogP contribution is -2.48. The van der Waals surface area contributed by atoms with E-state index in [-0.39, 0.29) is 30.5 Å². The number of carbonyl (C=O) groups excluding carboxylic acids is 1. The van der Waals surface area contributed by atoms with Crippen molar-refractivity contribution in [2.24, 2.45) is 0 Å². The van der Waals surface area contributed by atoms with Gasteiger partial charge in [-0.15, -0.1) is 13.2 Å². The molecule has 236 valence electrons. The van der Waals surface area contributed by atoms with Crippen LogP contribution in [0.25, 0.3) is 10.9 Å². The summed E-state index contributed by atoms with van der Waals surface area (Å²) >= 11 is 0. The molecule has 0 unspecified atom stereocenters. The molecular formula is C30H33F4N5O4S. The molecule has 1 N–H and O–H groups in total. The van der Waals surface area contributed by atoms with Crippen LogP contribution in [0.5, 0.6) is 5.75 Å². The zero-order chi connectivity index (χ0) is 31.9. The number of para-hydroxylation sites is 1. The number of rotatable bonds is 7. The molecule has 1 aliphatic rings. The van der Waals surface area contributed by atoms with Gasteiger partial charge in [0.05, 0.1) is 17.4 Å². The summed E-state index contributed by atoms with van der Waals surface area (Å²) in [6, 6.07) is 12.4. The van der Waals surface area contributed by atoms with Crippen LogP contribution in [0, 0.1) is 5.82 Å². The van der Waals surface area contributed by atoms with Crippen molar-refractivity contribution in [2.75, 3.05) is 30.9 Å². The zero-order valence-electron chi connectivity index (χ0n) is 24.0. The quantitative estimate of drug-likeness (QED) is 0.245. The SMILES string of the molecule is CCC.O=C(c1ccc(NS(=O)(=O)c2cccc3cccnc23)c(OC(F)(F)F)c1)N1CCN(Cc2ccncc2F)CC1.[HH]. The van der Waals surface area contributed by atoms with Crippen LogP contribution >= 0.6 is 0 Å². The summed E-state index contributed by atoms with van der Waals surface area (Å²) in [5, 5.41) is 0.522. The van der Waals surface area contributed by atoms with Crippen molar-refractivity contribution in [3.8, 4) is 5.75 Å². The van der Waals surface area contributed by atoms with Gasteiger partial charge in [0.1, 0.15) is 10.7 Å². The van der Waals surface area contributed by atoms with Crippen LogP contribution in [-0.4, -0.2) is 66.6 Å². The second-order valence-corrected chi connectivity index (χ2v) is 11.6. The Morgan fingerprint density at radius 3 is 2.41 bits per heavy atom. The molecule has 0 atom stereocenters. The highest BCUT2D eigenvalue weighted by Gasteiger charge is 2.34. The Balaban J connectivity index is 0.00000133. The molecule has 2 aromatic heterocycles. The molecule has 0 aliphatic carbocycles. The molecule has 3 heterocycles. The zero-order valence-corrected chi connectivity index (χ0v) is 24.8. The summed E-state index contributed by atoms with van der Waals surface area (Å²) in [4.78, 5) is 24.1. The lowest BCUT2D eigenvalue weighted by molar-refractivity contribution is -0.274. The molecule has 0 bridgehead atoms. The number of carbonyl (C=O) groups is 1. The molecule has 4 aromatic rings. The number of hydrogen-bond donors (Lipinski definition) is 1. The van der Waals surface area contributed by atoms with Crippen LogP contribution in [0.4, 0.5) is 23.2 Å². The maximum Gasteiger partial charge on any atom is 0.573 e. The summed E-state index contributed by atoms with van der Waals surface area (Å²) in [6.45, 7) is 5.90. The van der Waals surface area contributed by atoms with E-state index in [1.54, 1.807) is 24.3 Å². The normalized spacial score (nSPS) is 14.1. The molecule has 44 heavy (non-hydrogen) atoms. The Kier molecular flexibility index (Phi) is 10.4. The Morgan fingerprint density at radius 1 is 1.02 bits per heavy atom. The van der Waals surface area contributed by atoms with E-state index in [1.807, 2.05) is 4.90 Å². The number of fused-ring (bicyclic) bond motifs is 1. The van der Waals surface area contributed by atoms with Crippen molar-refractivity contribution in [2.45, 2.75) is 38.1 Å². The second kappa shape index (κ2) is 14.0. The van der Waals surface area contributed by atoms with Crippen molar-refractivity contribution in [1.29, 1.82) is 0 Å². The number of pyridine rings is 2. The van der Waals surface area contributed by atoms with Crippen LogP contribution < -0.4 is 9.46 Å². The number of ether oxygens (including phenoxy) is 1. The minimum absolute atomic E-state index is 0. The molecule has 1 fully saturated rings. The van der Waals surface area contributed by atoms with Gasteiger partial charge in [-0.1, -0.05) is 38.5 Å². The van der Waals surface area contributed by atoms with E-state index in [9.17, 15) is 30.8 Å². The fraction of sp³-hybridized carbons (Fsp3) is 0.300. The van der Waals surface area contributed by atoms with Gasteiger partial charge in [0, 0.05) is 63.1 Å². The molecule has 0 saturated carbocycles. The van der Waals surface area contributed by atoms with E-state index >= 15 is 0 Å². The number of piperazine rings is 1. The predicted octanol–water partition coefficient (Wildman–Crippen LogP) is 6.09.